The fourth-order valence-electron chi connectivity index (χ4n) is 3.28. The summed E-state index contributed by atoms with van der Waals surface area (Å²) < 4.78 is 26.7. The lowest BCUT2D eigenvalue weighted by atomic mass is 9.91. The van der Waals surface area contributed by atoms with Gasteiger partial charge in [-0.15, -0.1) is 0 Å². The number of rotatable bonds is 8. The second-order valence-corrected chi connectivity index (χ2v) is 11.1. The van der Waals surface area contributed by atoms with E-state index in [9.17, 15) is 8.42 Å². The molecule has 0 bridgehead atoms. The van der Waals surface area contributed by atoms with Gasteiger partial charge in [-0.25, -0.2) is 13.1 Å². The van der Waals surface area contributed by atoms with Crippen LogP contribution in [0.5, 0.6) is 0 Å². The molecule has 4 nitrogen and oxygen atoms in total. The predicted octanol–water partition coefficient (Wildman–Crippen LogP) is 4.15. The molecule has 1 aromatic rings. The highest BCUT2D eigenvalue weighted by Gasteiger charge is 2.32. The Labute approximate surface area is 160 Å². The molecule has 0 amide bonds. The highest BCUT2D eigenvalue weighted by atomic mass is 32.2. The molecule has 0 spiro atoms. The van der Waals surface area contributed by atoms with Crippen LogP contribution in [0, 0.1) is 0 Å². The summed E-state index contributed by atoms with van der Waals surface area (Å²) in [5.74, 6) is 0. The molecule has 1 aliphatic rings. The molecule has 1 saturated carbocycles. The van der Waals surface area contributed by atoms with Crippen LogP contribution in [0.4, 0.5) is 0 Å². The van der Waals surface area contributed by atoms with Crippen molar-refractivity contribution in [3.05, 3.63) is 35.4 Å². The largest absolute Gasteiger partial charge is 0.310 e. The predicted molar refractivity (Wildman–Crippen MR) is 110 cm³/mol. The number of hydrogen-bond donors (Lipinski definition) is 2. The van der Waals surface area contributed by atoms with E-state index in [1.165, 1.54) is 30.4 Å². The number of sulfonamides is 1. The van der Waals surface area contributed by atoms with Gasteiger partial charge in [0.15, 0.2) is 0 Å². The Morgan fingerprint density at radius 2 is 1.50 bits per heavy atom. The van der Waals surface area contributed by atoms with E-state index in [2.05, 4.69) is 41.2 Å². The van der Waals surface area contributed by atoms with Gasteiger partial charge in [-0.05, 0) is 70.4 Å². The lowest BCUT2D eigenvalue weighted by Crippen LogP contribution is -2.47. The lowest BCUT2D eigenvalue weighted by molar-refractivity contribution is 0.327. The molecule has 5 heteroatoms. The standard InChI is InChI=1S/C21H36N2O2S/c1-5-6-7-17-8-10-18(11-9-17)16-22-19-12-14-20(15-13-19)23-26(24,25)21(2,3)4/h8-11,19-20,22-23H,5-7,12-16H2,1-4H3. The Hall–Kier alpha value is -0.910. The van der Waals surface area contributed by atoms with E-state index in [0.29, 0.717) is 6.04 Å². The zero-order valence-corrected chi connectivity index (χ0v) is 17.7. The van der Waals surface area contributed by atoms with Gasteiger partial charge in [0.2, 0.25) is 10.0 Å². The van der Waals surface area contributed by atoms with Crippen LogP contribution >= 0.6 is 0 Å². The van der Waals surface area contributed by atoms with Crippen LogP contribution in [0.15, 0.2) is 24.3 Å². The van der Waals surface area contributed by atoms with E-state index in [-0.39, 0.29) is 6.04 Å². The van der Waals surface area contributed by atoms with Gasteiger partial charge in [0.25, 0.3) is 0 Å². The van der Waals surface area contributed by atoms with E-state index >= 15 is 0 Å². The van der Waals surface area contributed by atoms with E-state index < -0.39 is 14.8 Å². The summed E-state index contributed by atoms with van der Waals surface area (Å²) in [5, 5.41) is 3.64. The average Bonchev–Trinajstić information content (AvgIpc) is 2.59. The molecule has 0 radical (unpaired) electrons. The van der Waals surface area contributed by atoms with Crippen molar-refractivity contribution in [2.45, 2.75) is 96.0 Å². The molecule has 0 unspecified atom stereocenters. The van der Waals surface area contributed by atoms with Crippen LogP contribution in [0.3, 0.4) is 0 Å². The van der Waals surface area contributed by atoms with Crippen molar-refractivity contribution in [1.29, 1.82) is 0 Å². The maximum atomic E-state index is 12.3. The van der Waals surface area contributed by atoms with Crippen LogP contribution in [-0.4, -0.2) is 25.2 Å². The van der Waals surface area contributed by atoms with Crippen molar-refractivity contribution >= 4 is 10.0 Å². The van der Waals surface area contributed by atoms with Gasteiger partial charge < -0.3 is 5.32 Å². The van der Waals surface area contributed by atoms with Gasteiger partial charge in [0, 0.05) is 18.6 Å². The Balaban J connectivity index is 1.73. The molecule has 0 aliphatic heterocycles. The second-order valence-electron chi connectivity index (χ2n) is 8.58. The molecule has 26 heavy (non-hydrogen) atoms. The second kappa shape index (κ2) is 9.34. The molecule has 1 fully saturated rings. The average molecular weight is 381 g/mol. The Kier molecular flexibility index (Phi) is 7.68. The van der Waals surface area contributed by atoms with Crippen molar-refractivity contribution < 1.29 is 8.42 Å². The monoisotopic (exact) mass is 380 g/mol. The van der Waals surface area contributed by atoms with Crippen LogP contribution in [-0.2, 0) is 23.0 Å². The summed E-state index contributed by atoms with van der Waals surface area (Å²) in [7, 11) is -3.25. The molecule has 0 saturated heterocycles. The molecule has 0 atom stereocenters. The van der Waals surface area contributed by atoms with Crippen molar-refractivity contribution in [2.75, 3.05) is 0 Å². The zero-order valence-electron chi connectivity index (χ0n) is 16.8. The van der Waals surface area contributed by atoms with E-state index in [4.69, 9.17) is 0 Å². The van der Waals surface area contributed by atoms with Crippen LogP contribution in [0.1, 0.15) is 77.3 Å². The van der Waals surface area contributed by atoms with Gasteiger partial charge in [0.1, 0.15) is 0 Å². The third kappa shape index (κ3) is 6.36. The Bertz CT molecular complexity index is 640. The summed E-state index contributed by atoms with van der Waals surface area (Å²) in [4.78, 5) is 0. The summed E-state index contributed by atoms with van der Waals surface area (Å²) >= 11 is 0. The highest BCUT2D eigenvalue weighted by molar-refractivity contribution is 7.90. The normalized spacial score (nSPS) is 21.7. The Morgan fingerprint density at radius 1 is 0.962 bits per heavy atom. The molecule has 0 heterocycles. The summed E-state index contributed by atoms with van der Waals surface area (Å²) in [6.45, 7) is 8.35. The van der Waals surface area contributed by atoms with Gasteiger partial charge in [-0.1, -0.05) is 37.6 Å². The molecule has 2 rings (SSSR count). The SMILES string of the molecule is CCCCc1ccc(CNC2CCC(NS(=O)(=O)C(C)(C)C)CC2)cc1. The third-order valence-electron chi connectivity index (χ3n) is 5.29. The van der Waals surface area contributed by atoms with Gasteiger partial charge in [-0.3, -0.25) is 0 Å². The van der Waals surface area contributed by atoms with Crippen LogP contribution in [0.2, 0.25) is 0 Å². The number of benzene rings is 1. The lowest BCUT2D eigenvalue weighted by Gasteiger charge is -2.31. The number of aryl methyl sites for hydroxylation is 1. The van der Waals surface area contributed by atoms with Gasteiger partial charge in [-0.2, -0.15) is 0 Å². The molecular formula is C21H36N2O2S. The first kappa shape index (κ1) is 21.4. The van der Waals surface area contributed by atoms with Gasteiger partial charge in [0.05, 0.1) is 4.75 Å². The maximum Gasteiger partial charge on any atom is 0.216 e. The quantitative estimate of drug-likeness (QED) is 0.712. The molecule has 0 aromatic heterocycles. The zero-order chi connectivity index (χ0) is 19.2. The third-order valence-corrected chi connectivity index (χ3v) is 7.55. The maximum absolute atomic E-state index is 12.3. The van der Waals surface area contributed by atoms with Crippen LogP contribution in [0.25, 0.3) is 0 Å². The first-order valence-corrected chi connectivity index (χ1v) is 11.5. The summed E-state index contributed by atoms with van der Waals surface area (Å²) in [6, 6.07) is 9.48. The number of unbranched alkanes of at least 4 members (excludes halogenated alkanes) is 1. The topological polar surface area (TPSA) is 58.2 Å². The van der Waals surface area contributed by atoms with E-state index in [0.717, 1.165) is 32.2 Å². The highest BCUT2D eigenvalue weighted by Crippen LogP contribution is 2.22. The molecule has 1 aromatic carbocycles. The minimum atomic E-state index is -3.25. The van der Waals surface area contributed by atoms with Gasteiger partial charge >= 0.3 is 0 Å². The smallest absolute Gasteiger partial charge is 0.216 e. The molecule has 148 valence electrons. The minimum Gasteiger partial charge on any atom is -0.310 e. The minimum absolute atomic E-state index is 0.0788. The number of nitrogens with one attached hydrogen (secondary N) is 2. The van der Waals surface area contributed by atoms with E-state index in [1.54, 1.807) is 20.8 Å². The van der Waals surface area contributed by atoms with Crippen molar-refractivity contribution in [2.24, 2.45) is 0 Å². The number of hydrogen-bond acceptors (Lipinski definition) is 3. The fourth-order valence-corrected chi connectivity index (χ4v) is 4.31. The first-order chi connectivity index (χ1) is 12.2. The summed E-state index contributed by atoms with van der Waals surface area (Å²) in [5.41, 5.74) is 2.74. The van der Waals surface area contributed by atoms with Crippen LogP contribution < -0.4 is 10.0 Å². The van der Waals surface area contributed by atoms with E-state index in [1.807, 2.05) is 0 Å². The molecule has 2 N–H and O–H groups in total. The fraction of sp³-hybridized carbons (Fsp3) is 0.714. The molecule has 1 aliphatic carbocycles. The summed E-state index contributed by atoms with van der Waals surface area (Å²) in [6.07, 6.45) is 7.50. The van der Waals surface area contributed by atoms with Crippen molar-refractivity contribution in [3.63, 3.8) is 0 Å². The molecular weight excluding hydrogens is 344 g/mol. The van der Waals surface area contributed by atoms with Crippen molar-refractivity contribution in [1.82, 2.24) is 10.0 Å². The first-order valence-electron chi connectivity index (χ1n) is 10.0. The van der Waals surface area contributed by atoms with Crippen molar-refractivity contribution in [3.8, 4) is 0 Å². The Morgan fingerprint density at radius 3 is 2.04 bits per heavy atom.